The molecular weight excluding hydrogens is 624 g/mol. The van der Waals surface area contributed by atoms with Crippen molar-refractivity contribution in [2.24, 2.45) is 0 Å². The predicted octanol–water partition coefficient (Wildman–Crippen LogP) is -0.357. The summed E-state index contributed by atoms with van der Waals surface area (Å²) in [5.74, 6) is -7.76. The Morgan fingerprint density at radius 3 is 1.43 bits per heavy atom. The van der Waals surface area contributed by atoms with Gasteiger partial charge in [0.25, 0.3) is 0 Å². The minimum absolute atomic E-state index is 0.517. The van der Waals surface area contributed by atoms with Crippen molar-refractivity contribution in [2.75, 3.05) is 20.3 Å². The molecule has 0 saturated carbocycles. The molecule has 2 aliphatic heterocycles. The number of hydrogen-bond acceptors (Lipinski definition) is 18. The SMILES string of the molecule is CO[C@H]1O[C@H](CO[C@@]2(C)O[C@H](COC(C)=O)[C@@H](OC(C)=O)[C@H](OC(C)=O)[C@H]2OC(C)=O)[C@@H](OC(C)=O)[C@H](OC(C)=O)[C@H]1OC(C)=O. The highest BCUT2D eigenvalue weighted by Gasteiger charge is 2.60. The first-order chi connectivity index (χ1) is 21.4. The van der Waals surface area contributed by atoms with Crippen LogP contribution in [0, 0.1) is 0 Å². The van der Waals surface area contributed by atoms with E-state index in [-0.39, 0.29) is 0 Å². The maximum Gasteiger partial charge on any atom is 0.303 e. The van der Waals surface area contributed by atoms with Gasteiger partial charge in [0.1, 0.15) is 18.8 Å². The Labute approximate surface area is 264 Å². The van der Waals surface area contributed by atoms with Crippen LogP contribution in [0.3, 0.4) is 0 Å². The Bertz CT molecular complexity index is 1150. The first-order valence-corrected chi connectivity index (χ1v) is 14.0. The normalized spacial score (nSPS) is 32.2. The molecular formula is C28H40O18. The summed E-state index contributed by atoms with van der Waals surface area (Å²) in [6.07, 6.45) is -12.9. The number of ether oxygens (including phenoxy) is 11. The van der Waals surface area contributed by atoms with Crippen molar-refractivity contribution in [1.82, 2.24) is 0 Å². The van der Waals surface area contributed by atoms with Crippen LogP contribution < -0.4 is 0 Å². The third-order valence-corrected chi connectivity index (χ3v) is 6.50. The lowest BCUT2D eigenvalue weighted by Gasteiger charge is -2.50. The van der Waals surface area contributed by atoms with Crippen LogP contribution in [0.15, 0.2) is 0 Å². The number of esters is 7. The number of methoxy groups -OCH3 is 1. The number of carbonyl (C=O) groups excluding carboxylic acids is 7. The zero-order chi connectivity index (χ0) is 34.9. The fraction of sp³-hybridized carbons (Fsp3) is 0.750. The van der Waals surface area contributed by atoms with Gasteiger partial charge in [-0.15, -0.1) is 0 Å². The van der Waals surface area contributed by atoms with Crippen LogP contribution in [-0.4, -0.2) is 123 Å². The van der Waals surface area contributed by atoms with E-state index in [1.54, 1.807) is 0 Å². The average molecular weight is 665 g/mol. The fourth-order valence-electron chi connectivity index (χ4n) is 5.00. The Kier molecular flexibility index (Phi) is 13.8. The quantitative estimate of drug-likeness (QED) is 0.192. The predicted molar refractivity (Wildman–Crippen MR) is 145 cm³/mol. The second kappa shape index (κ2) is 16.6. The molecule has 0 N–H and O–H groups in total. The summed E-state index contributed by atoms with van der Waals surface area (Å²) in [5.41, 5.74) is 0. The van der Waals surface area contributed by atoms with Gasteiger partial charge in [-0.3, -0.25) is 33.6 Å². The molecule has 0 unspecified atom stereocenters. The van der Waals surface area contributed by atoms with Gasteiger partial charge in [0.2, 0.25) is 5.79 Å². The molecule has 2 fully saturated rings. The van der Waals surface area contributed by atoms with Crippen LogP contribution in [0.5, 0.6) is 0 Å². The first-order valence-electron chi connectivity index (χ1n) is 14.0. The van der Waals surface area contributed by atoms with E-state index in [1.165, 1.54) is 14.0 Å². The Balaban J connectivity index is 2.59. The average Bonchev–Trinajstić information content (AvgIpc) is 2.91. The standard InChI is InChI=1S/C28H40O18/c1-12(29)37-10-20-22(40-14(3)31)24(42-16(5)33)26(44-18(7)35)28(8,46-20)38-11-19-21(39-13(2)30)23(41-15(4)32)25(43-17(6)34)27(36-9)45-19/h19-27H,10-11H2,1-9H3/t19-,20-,21-,22-,23+,24+,25-,26-,27+,28+/m1/s1. The molecule has 260 valence electrons. The van der Waals surface area contributed by atoms with Crippen LogP contribution in [0.25, 0.3) is 0 Å². The van der Waals surface area contributed by atoms with Gasteiger partial charge < -0.3 is 52.1 Å². The molecule has 2 aliphatic rings. The summed E-state index contributed by atoms with van der Waals surface area (Å²) in [5, 5.41) is 0. The van der Waals surface area contributed by atoms with Crippen LogP contribution in [0.2, 0.25) is 0 Å². The highest BCUT2D eigenvalue weighted by Crippen LogP contribution is 2.38. The topological polar surface area (TPSA) is 221 Å². The Morgan fingerprint density at radius 1 is 0.543 bits per heavy atom. The van der Waals surface area contributed by atoms with Crippen molar-refractivity contribution in [2.45, 2.75) is 116 Å². The zero-order valence-corrected chi connectivity index (χ0v) is 27.0. The van der Waals surface area contributed by atoms with E-state index in [0.717, 1.165) is 48.5 Å². The van der Waals surface area contributed by atoms with E-state index in [9.17, 15) is 33.6 Å². The highest BCUT2D eigenvalue weighted by atomic mass is 16.8. The second-order valence-electron chi connectivity index (χ2n) is 10.5. The molecule has 0 radical (unpaired) electrons. The van der Waals surface area contributed by atoms with Crippen molar-refractivity contribution in [3.8, 4) is 0 Å². The van der Waals surface area contributed by atoms with Crippen molar-refractivity contribution in [3.05, 3.63) is 0 Å². The van der Waals surface area contributed by atoms with E-state index < -0.39 is 116 Å². The smallest absolute Gasteiger partial charge is 0.303 e. The van der Waals surface area contributed by atoms with Gasteiger partial charge >= 0.3 is 41.8 Å². The molecule has 2 rings (SSSR count). The minimum atomic E-state index is -2.07. The number of hydrogen-bond donors (Lipinski definition) is 0. The zero-order valence-electron chi connectivity index (χ0n) is 27.0. The van der Waals surface area contributed by atoms with Gasteiger partial charge in [-0.05, 0) is 6.92 Å². The van der Waals surface area contributed by atoms with Crippen molar-refractivity contribution in [3.63, 3.8) is 0 Å². The number of rotatable bonds is 12. The molecule has 0 bridgehead atoms. The molecule has 2 heterocycles. The molecule has 0 spiro atoms. The van der Waals surface area contributed by atoms with E-state index in [2.05, 4.69) is 0 Å². The molecule has 0 aromatic carbocycles. The Hall–Kier alpha value is -3.87. The summed E-state index contributed by atoms with van der Waals surface area (Å²) in [6.45, 7) is 7.76. The van der Waals surface area contributed by atoms with Crippen LogP contribution in [-0.2, 0) is 85.7 Å². The largest absolute Gasteiger partial charge is 0.463 e. The van der Waals surface area contributed by atoms with Crippen LogP contribution >= 0.6 is 0 Å². The molecule has 18 heteroatoms. The summed E-state index contributed by atoms with van der Waals surface area (Å²) in [4.78, 5) is 84.2. The van der Waals surface area contributed by atoms with Gasteiger partial charge in [0, 0.05) is 55.6 Å². The summed E-state index contributed by atoms with van der Waals surface area (Å²) in [7, 11) is 1.22. The third kappa shape index (κ3) is 10.6. The maximum absolute atomic E-state index is 12.2. The van der Waals surface area contributed by atoms with Gasteiger partial charge in [-0.1, -0.05) is 0 Å². The lowest BCUT2D eigenvalue weighted by molar-refractivity contribution is -0.371. The van der Waals surface area contributed by atoms with E-state index in [0.29, 0.717) is 0 Å². The lowest BCUT2D eigenvalue weighted by Crippen LogP contribution is -2.69. The van der Waals surface area contributed by atoms with Crippen molar-refractivity contribution in [1.29, 1.82) is 0 Å². The third-order valence-electron chi connectivity index (χ3n) is 6.50. The molecule has 0 amide bonds. The molecule has 0 aliphatic carbocycles. The lowest BCUT2D eigenvalue weighted by atomic mass is 9.92. The monoisotopic (exact) mass is 664 g/mol. The molecule has 0 aromatic rings. The van der Waals surface area contributed by atoms with Gasteiger partial charge in [0.05, 0.1) is 6.61 Å². The Morgan fingerprint density at radius 2 is 0.978 bits per heavy atom. The summed E-state index contributed by atoms with van der Waals surface area (Å²) in [6, 6.07) is 0. The van der Waals surface area contributed by atoms with Crippen LogP contribution in [0.4, 0.5) is 0 Å². The molecule has 2 saturated heterocycles. The van der Waals surface area contributed by atoms with Crippen LogP contribution in [0.1, 0.15) is 55.4 Å². The summed E-state index contributed by atoms with van der Waals surface area (Å²) >= 11 is 0. The fourth-order valence-corrected chi connectivity index (χ4v) is 5.00. The molecule has 10 atom stereocenters. The molecule has 0 aromatic heterocycles. The van der Waals surface area contributed by atoms with E-state index in [1.807, 2.05) is 0 Å². The minimum Gasteiger partial charge on any atom is -0.463 e. The van der Waals surface area contributed by atoms with Gasteiger partial charge in [-0.25, -0.2) is 0 Å². The molecule has 18 nitrogen and oxygen atoms in total. The maximum atomic E-state index is 12.2. The van der Waals surface area contributed by atoms with Crippen molar-refractivity contribution >= 4 is 41.8 Å². The first kappa shape index (κ1) is 38.3. The van der Waals surface area contributed by atoms with Gasteiger partial charge in [-0.2, -0.15) is 0 Å². The van der Waals surface area contributed by atoms with E-state index >= 15 is 0 Å². The second-order valence-corrected chi connectivity index (χ2v) is 10.5. The van der Waals surface area contributed by atoms with E-state index in [4.69, 9.17) is 52.1 Å². The molecule has 46 heavy (non-hydrogen) atoms. The number of carbonyl (C=O) groups is 7. The summed E-state index contributed by atoms with van der Waals surface area (Å²) < 4.78 is 60.9. The highest BCUT2D eigenvalue weighted by molar-refractivity contribution is 5.69. The van der Waals surface area contributed by atoms with Crippen molar-refractivity contribution < 1.29 is 85.7 Å². The van der Waals surface area contributed by atoms with Gasteiger partial charge in [0.15, 0.2) is 42.9 Å².